The molecule has 0 atom stereocenters. The zero-order valence-corrected chi connectivity index (χ0v) is 19.5. The van der Waals surface area contributed by atoms with Gasteiger partial charge in [0.05, 0.1) is 10.6 Å². The fourth-order valence-corrected chi connectivity index (χ4v) is 4.65. The van der Waals surface area contributed by atoms with Crippen LogP contribution in [-0.4, -0.2) is 46.0 Å². The number of phenols is 1. The van der Waals surface area contributed by atoms with E-state index in [1.165, 1.54) is 6.26 Å². The van der Waals surface area contributed by atoms with Crippen LogP contribution < -0.4 is 10.0 Å². The number of nitrogens with zero attached hydrogens (tertiary/aromatic N) is 4. The number of aryl methyl sites for hydroxylation is 1. The number of aromatic hydroxyl groups is 1. The van der Waals surface area contributed by atoms with Gasteiger partial charge in [0.2, 0.25) is 16.0 Å². The zero-order chi connectivity index (χ0) is 24.4. The molecule has 3 aromatic heterocycles. The molecule has 0 amide bonds. The molecule has 3 heterocycles. The molecule has 0 unspecified atom stereocenters. The number of imidazole rings is 1. The predicted molar refractivity (Wildman–Crippen MR) is 130 cm³/mol. The summed E-state index contributed by atoms with van der Waals surface area (Å²) in [4.78, 5) is 13.6. The Kier molecular flexibility index (Phi) is 5.93. The summed E-state index contributed by atoms with van der Waals surface area (Å²) in [6.07, 6.45) is 4.87. The van der Waals surface area contributed by atoms with E-state index in [0.29, 0.717) is 34.4 Å². The van der Waals surface area contributed by atoms with Crippen molar-refractivity contribution in [2.45, 2.75) is 11.8 Å². The van der Waals surface area contributed by atoms with Gasteiger partial charge in [0.15, 0.2) is 0 Å². The van der Waals surface area contributed by atoms with Gasteiger partial charge in [-0.25, -0.2) is 23.1 Å². The normalized spacial score (nSPS) is 11.7. The van der Waals surface area contributed by atoms with E-state index in [1.54, 1.807) is 65.3 Å². The molecule has 35 heavy (non-hydrogen) atoms. The van der Waals surface area contributed by atoms with E-state index in [1.807, 2.05) is 13.0 Å². The summed E-state index contributed by atoms with van der Waals surface area (Å²) in [6.45, 7) is 2.33. The second-order valence-corrected chi connectivity index (χ2v) is 9.58. The van der Waals surface area contributed by atoms with E-state index in [0.717, 1.165) is 5.56 Å². The van der Waals surface area contributed by atoms with E-state index in [2.05, 4.69) is 25.0 Å². The van der Waals surface area contributed by atoms with Gasteiger partial charge < -0.3 is 14.8 Å². The molecule has 3 N–H and O–H groups in total. The molecule has 0 aliphatic carbocycles. The number of oxazole rings is 1. The van der Waals surface area contributed by atoms with Gasteiger partial charge in [-0.15, -0.1) is 0 Å². The van der Waals surface area contributed by atoms with Crippen molar-refractivity contribution >= 4 is 21.8 Å². The van der Waals surface area contributed by atoms with Crippen molar-refractivity contribution in [1.82, 2.24) is 24.1 Å². The Morgan fingerprint density at radius 3 is 2.69 bits per heavy atom. The van der Waals surface area contributed by atoms with Gasteiger partial charge in [-0.1, -0.05) is 29.8 Å². The molecule has 0 saturated heterocycles. The molecule has 0 aliphatic rings. The summed E-state index contributed by atoms with van der Waals surface area (Å²) in [6, 6.07) is 15.2. The summed E-state index contributed by atoms with van der Waals surface area (Å²) in [5.74, 6) is 0.838. The number of anilines is 1. The fourth-order valence-electron chi connectivity index (χ4n) is 3.62. The first-order chi connectivity index (χ1) is 16.9. The standard InChI is InChI=1S/C24H22N6O4S/c1-16-5-7-19(8-6-16)35(32,33)27-12-11-26-23-25-10-9-20(28-23)22-21(17-3-2-4-18(31)15-17)29-24-30(22)13-14-34-24/h2-10,13-15,27,31H,11-12H2,1H3,(H,25,26,28). The Morgan fingerprint density at radius 1 is 1.06 bits per heavy atom. The average molecular weight is 491 g/mol. The Labute approximate surface area is 201 Å². The minimum atomic E-state index is -3.61. The van der Waals surface area contributed by atoms with Crippen molar-refractivity contribution in [3.8, 4) is 28.4 Å². The van der Waals surface area contributed by atoms with Crippen LogP contribution in [0.1, 0.15) is 5.56 Å². The molecular formula is C24H22N6O4S. The maximum atomic E-state index is 12.5. The van der Waals surface area contributed by atoms with Crippen molar-refractivity contribution in [3.63, 3.8) is 0 Å². The van der Waals surface area contributed by atoms with Crippen LogP contribution >= 0.6 is 0 Å². The van der Waals surface area contributed by atoms with E-state index < -0.39 is 10.0 Å². The maximum absolute atomic E-state index is 12.5. The minimum Gasteiger partial charge on any atom is -0.508 e. The highest BCUT2D eigenvalue weighted by atomic mass is 32.2. The van der Waals surface area contributed by atoms with Gasteiger partial charge in [0.25, 0.3) is 0 Å². The lowest BCUT2D eigenvalue weighted by Gasteiger charge is -2.09. The Bertz CT molecular complexity index is 1590. The molecule has 0 spiro atoms. The molecule has 5 rings (SSSR count). The van der Waals surface area contributed by atoms with Crippen LogP contribution in [0.5, 0.6) is 5.75 Å². The lowest BCUT2D eigenvalue weighted by molar-refractivity contribution is 0.475. The van der Waals surface area contributed by atoms with Gasteiger partial charge in [0, 0.05) is 31.0 Å². The molecule has 0 radical (unpaired) electrons. The first-order valence-electron chi connectivity index (χ1n) is 10.8. The van der Waals surface area contributed by atoms with Crippen molar-refractivity contribution in [2.24, 2.45) is 0 Å². The minimum absolute atomic E-state index is 0.121. The number of hydrogen-bond acceptors (Lipinski definition) is 8. The number of aromatic nitrogens is 4. The summed E-state index contributed by atoms with van der Waals surface area (Å²) in [5.41, 5.74) is 3.54. The molecule has 2 aromatic carbocycles. The average Bonchev–Trinajstić information content (AvgIpc) is 3.44. The van der Waals surface area contributed by atoms with E-state index >= 15 is 0 Å². The highest BCUT2D eigenvalue weighted by Gasteiger charge is 2.20. The maximum Gasteiger partial charge on any atom is 0.306 e. The van der Waals surface area contributed by atoms with E-state index in [9.17, 15) is 13.5 Å². The fraction of sp³-hybridized carbons (Fsp3) is 0.125. The zero-order valence-electron chi connectivity index (χ0n) is 18.7. The molecule has 0 bridgehead atoms. The lowest BCUT2D eigenvalue weighted by Crippen LogP contribution is -2.29. The third kappa shape index (κ3) is 4.72. The lowest BCUT2D eigenvalue weighted by atomic mass is 10.1. The van der Waals surface area contributed by atoms with Crippen molar-refractivity contribution in [2.75, 3.05) is 18.4 Å². The summed E-state index contributed by atoms with van der Waals surface area (Å²) < 4.78 is 34.7. The smallest absolute Gasteiger partial charge is 0.306 e. The summed E-state index contributed by atoms with van der Waals surface area (Å²) in [7, 11) is -3.61. The monoisotopic (exact) mass is 490 g/mol. The Hall–Kier alpha value is -4.22. The van der Waals surface area contributed by atoms with Crippen LogP contribution in [0.2, 0.25) is 0 Å². The number of hydrogen-bond donors (Lipinski definition) is 3. The molecule has 0 saturated carbocycles. The van der Waals surface area contributed by atoms with Crippen LogP contribution in [0, 0.1) is 6.92 Å². The topological polar surface area (TPSA) is 135 Å². The van der Waals surface area contributed by atoms with Crippen LogP contribution in [0.4, 0.5) is 5.95 Å². The molecular weight excluding hydrogens is 468 g/mol. The Morgan fingerprint density at radius 2 is 1.89 bits per heavy atom. The predicted octanol–water partition coefficient (Wildman–Crippen LogP) is 3.46. The van der Waals surface area contributed by atoms with Crippen LogP contribution in [-0.2, 0) is 10.0 Å². The largest absolute Gasteiger partial charge is 0.508 e. The summed E-state index contributed by atoms with van der Waals surface area (Å²) in [5, 5.41) is 13.0. The van der Waals surface area contributed by atoms with Crippen LogP contribution in [0.3, 0.4) is 0 Å². The number of sulfonamides is 1. The first kappa shape index (κ1) is 22.6. The van der Waals surface area contributed by atoms with Gasteiger partial charge in [-0.2, -0.15) is 4.98 Å². The van der Waals surface area contributed by atoms with E-state index in [-0.39, 0.29) is 23.7 Å². The number of fused-ring (bicyclic) bond motifs is 1. The highest BCUT2D eigenvalue weighted by Crippen LogP contribution is 2.33. The second kappa shape index (κ2) is 9.20. The third-order valence-electron chi connectivity index (χ3n) is 5.31. The molecule has 11 heteroatoms. The van der Waals surface area contributed by atoms with Crippen LogP contribution in [0.15, 0.2) is 82.6 Å². The molecule has 0 aliphatic heterocycles. The number of phenolic OH excluding ortho intramolecular Hbond substituents is 1. The third-order valence-corrected chi connectivity index (χ3v) is 6.79. The van der Waals surface area contributed by atoms with Gasteiger partial charge in [-0.05, 0) is 37.3 Å². The highest BCUT2D eigenvalue weighted by molar-refractivity contribution is 7.89. The molecule has 5 aromatic rings. The second-order valence-electron chi connectivity index (χ2n) is 7.82. The molecule has 0 fully saturated rings. The number of nitrogens with one attached hydrogen (secondary N) is 2. The van der Waals surface area contributed by atoms with Gasteiger partial charge in [-0.3, -0.25) is 4.40 Å². The number of benzene rings is 2. The quantitative estimate of drug-likeness (QED) is 0.282. The van der Waals surface area contributed by atoms with Gasteiger partial charge in [0.1, 0.15) is 23.4 Å². The number of rotatable bonds is 8. The van der Waals surface area contributed by atoms with Crippen molar-refractivity contribution in [1.29, 1.82) is 0 Å². The summed E-state index contributed by atoms with van der Waals surface area (Å²) >= 11 is 0. The SMILES string of the molecule is Cc1ccc(S(=O)(=O)NCCNc2nccc(-c3c(-c4cccc(O)c4)nc4occn34)n2)cc1. The molecule has 178 valence electrons. The van der Waals surface area contributed by atoms with Crippen molar-refractivity contribution in [3.05, 3.63) is 78.8 Å². The van der Waals surface area contributed by atoms with Gasteiger partial charge >= 0.3 is 5.84 Å². The Balaban J connectivity index is 1.34. The molecule has 10 nitrogen and oxygen atoms in total. The van der Waals surface area contributed by atoms with Crippen LogP contribution in [0.25, 0.3) is 28.5 Å². The van der Waals surface area contributed by atoms with E-state index in [4.69, 9.17) is 4.42 Å². The first-order valence-corrected chi connectivity index (χ1v) is 12.3. The van der Waals surface area contributed by atoms with Crippen molar-refractivity contribution < 1.29 is 17.9 Å².